The maximum Gasteiger partial charge on any atom is 0.408 e. The number of aromatic nitrogens is 2. The minimum absolute atomic E-state index is 0.0102. The topological polar surface area (TPSA) is 128 Å². The van der Waals surface area contributed by atoms with Crippen LogP contribution in [0, 0.1) is 0 Å². The van der Waals surface area contributed by atoms with Gasteiger partial charge in [0.15, 0.2) is 0 Å². The van der Waals surface area contributed by atoms with Crippen molar-refractivity contribution in [1.29, 1.82) is 0 Å². The lowest BCUT2D eigenvalue weighted by Crippen LogP contribution is -2.39. The lowest BCUT2D eigenvalue weighted by molar-refractivity contribution is 0.0840. The molecule has 4 N–H and O–H groups in total. The van der Waals surface area contributed by atoms with Gasteiger partial charge in [0.05, 0.1) is 0 Å². The first-order valence-electron chi connectivity index (χ1n) is 11.8. The molecule has 0 bridgehead atoms. The van der Waals surface area contributed by atoms with Crippen molar-refractivity contribution in [3.63, 3.8) is 0 Å². The van der Waals surface area contributed by atoms with E-state index in [-0.39, 0.29) is 24.8 Å². The number of ether oxygens (including phenoxy) is 1. The number of amides is 2. The molecule has 0 radical (unpaired) electrons. The lowest BCUT2D eigenvalue weighted by atomic mass is 9.92. The van der Waals surface area contributed by atoms with Crippen molar-refractivity contribution in [1.82, 2.24) is 20.2 Å². The molecule has 1 aliphatic rings. The van der Waals surface area contributed by atoms with Crippen molar-refractivity contribution in [3.8, 4) is 5.75 Å². The number of nitrogens with one attached hydrogen (secondary N) is 2. The second kappa shape index (κ2) is 10.5. The molecule has 37 heavy (non-hydrogen) atoms. The number of aliphatic hydroxyl groups is 1. The molecule has 2 aromatic carbocycles. The van der Waals surface area contributed by atoms with Gasteiger partial charge in [0.1, 0.15) is 30.2 Å². The smallest absolute Gasteiger partial charge is 0.408 e. The number of nitrogens with zero attached hydrogens (tertiary/aromatic N) is 2. The first kappa shape index (κ1) is 24.6. The van der Waals surface area contributed by atoms with E-state index in [4.69, 9.17) is 16.3 Å². The van der Waals surface area contributed by atoms with Crippen LogP contribution in [0.5, 0.6) is 5.75 Å². The largest absolute Gasteiger partial charge is 0.491 e. The molecule has 10 heteroatoms. The second-order valence-corrected chi connectivity index (χ2v) is 9.23. The molecule has 2 atom stereocenters. The summed E-state index contributed by atoms with van der Waals surface area (Å²) in [4.78, 5) is 32.9. The zero-order valence-electron chi connectivity index (χ0n) is 19.7. The number of pyridine rings is 1. The summed E-state index contributed by atoms with van der Waals surface area (Å²) in [6.07, 6.45) is 0.196. The van der Waals surface area contributed by atoms with E-state index >= 15 is 0 Å². The Morgan fingerprint density at radius 1 is 1.19 bits per heavy atom. The van der Waals surface area contributed by atoms with Gasteiger partial charge in [-0.2, -0.15) is 0 Å². The Bertz CT molecular complexity index is 1420. The van der Waals surface area contributed by atoms with Crippen molar-refractivity contribution in [3.05, 3.63) is 94.4 Å². The number of H-pyrrole nitrogens is 1. The highest BCUT2D eigenvalue weighted by molar-refractivity contribution is 6.31. The monoisotopic (exact) mass is 520 g/mol. The molecular weight excluding hydrogens is 496 g/mol. The van der Waals surface area contributed by atoms with Crippen LogP contribution in [0.1, 0.15) is 33.4 Å². The maximum atomic E-state index is 12.1. The Labute approximate surface area is 217 Å². The quantitative estimate of drug-likeness (QED) is 0.291. The standard InChI is InChI=1S/C27H25ClN4O5/c28-17-6-9-22-21(13-17)20-10-12-32(27(35)36)25(24(20)31-22)16-4-7-19(8-5-16)37-15-18(33)14-30-26(34)23-3-1-2-11-29-23/h1-9,11,13,18,25,31,33H,10,12,14-15H2,(H,30,34)(H,35,36). The Morgan fingerprint density at radius 2 is 2.00 bits per heavy atom. The van der Waals surface area contributed by atoms with Crippen LogP contribution in [-0.2, 0) is 6.42 Å². The first-order valence-corrected chi connectivity index (χ1v) is 12.2. The number of rotatable bonds is 7. The molecule has 0 saturated carbocycles. The second-order valence-electron chi connectivity index (χ2n) is 8.79. The van der Waals surface area contributed by atoms with E-state index in [1.54, 1.807) is 36.4 Å². The molecule has 0 saturated heterocycles. The Hall–Kier alpha value is -4.08. The predicted octanol–water partition coefficient (Wildman–Crippen LogP) is 4.01. The van der Waals surface area contributed by atoms with Crippen LogP contribution in [0.25, 0.3) is 10.9 Å². The molecule has 5 rings (SSSR count). The van der Waals surface area contributed by atoms with Gasteiger partial charge in [-0.3, -0.25) is 14.7 Å². The molecular formula is C27H25ClN4O5. The molecule has 0 spiro atoms. The molecule has 4 aromatic rings. The van der Waals surface area contributed by atoms with Crippen LogP contribution < -0.4 is 10.1 Å². The van der Waals surface area contributed by atoms with Gasteiger partial charge in [0.2, 0.25) is 0 Å². The third-order valence-corrected chi connectivity index (χ3v) is 6.60. The zero-order chi connectivity index (χ0) is 25.9. The van der Waals surface area contributed by atoms with E-state index in [0.717, 1.165) is 27.7 Å². The maximum absolute atomic E-state index is 12.1. The van der Waals surface area contributed by atoms with Crippen molar-refractivity contribution < 1.29 is 24.5 Å². The highest BCUT2D eigenvalue weighted by Crippen LogP contribution is 2.39. The molecule has 2 unspecified atom stereocenters. The van der Waals surface area contributed by atoms with E-state index < -0.39 is 18.2 Å². The Morgan fingerprint density at radius 3 is 2.73 bits per heavy atom. The molecule has 0 aliphatic carbocycles. The summed E-state index contributed by atoms with van der Waals surface area (Å²) in [6, 6.07) is 17.2. The van der Waals surface area contributed by atoms with Gasteiger partial charge in [-0.15, -0.1) is 0 Å². The van der Waals surface area contributed by atoms with E-state index in [1.807, 2.05) is 24.3 Å². The number of hydrogen-bond donors (Lipinski definition) is 4. The molecule has 9 nitrogen and oxygen atoms in total. The minimum atomic E-state index is -0.997. The minimum Gasteiger partial charge on any atom is -0.491 e. The Kier molecular flexibility index (Phi) is 6.98. The molecule has 1 aliphatic heterocycles. The average Bonchev–Trinajstić information content (AvgIpc) is 3.28. The fraction of sp³-hybridized carbons (Fsp3) is 0.222. The summed E-state index contributed by atoms with van der Waals surface area (Å²) in [5.41, 5.74) is 3.87. The molecule has 190 valence electrons. The van der Waals surface area contributed by atoms with E-state index in [0.29, 0.717) is 23.7 Å². The summed E-state index contributed by atoms with van der Waals surface area (Å²) in [5.74, 6) is 0.137. The highest BCUT2D eigenvalue weighted by atomic mass is 35.5. The normalized spacial score (nSPS) is 15.7. The number of benzene rings is 2. The Balaban J connectivity index is 1.27. The van der Waals surface area contributed by atoms with Gasteiger partial charge in [-0.25, -0.2) is 4.79 Å². The van der Waals surface area contributed by atoms with Gasteiger partial charge in [-0.05, 0) is 60.0 Å². The van der Waals surface area contributed by atoms with Crippen LogP contribution in [0.3, 0.4) is 0 Å². The van der Waals surface area contributed by atoms with Crippen LogP contribution in [0.2, 0.25) is 5.02 Å². The van der Waals surface area contributed by atoms with E-state index in [1.165, 1.54) is 11.1 Å². The van der Waals surface area contributed by atoms with Gasteiger partial charge < -0.3 is 25.3 Å². The summed E-state index contributed by atoms with van der Waals surface area (Å²) >= 11 is 6.21. The van der Waals surface area contributed by atoms with Gasteiger partial charge in [0.25, 0.3) is 5.91 Å². The fourth-order valence-electron chi connectivity index (χ4n) is 4.61. The summed E-state index contributed by atoms with van der Waals surface area (Å²) < 4.78 is 5.68. The van der Waals surface area contributed by atoms with Gasteiger partial charge in [0, 0.05) is 40.9 Å². The van der Waals surface area contributed by atoms with E-state index in [9.17, 15) is 19.8 Å². The van der Waals surface area contributed by atoms with Crippen molar-refractivity contribution in [2.45, 2.75) is 18.6 Å². The van der Waals surface area contributed by atoms with Crippen LogP contribution in [-0.4, -0.2) is 62.9 Å². The summed E-state index contributed by atoms with van der Waals surface area (Å²) in [5, 5.41) is 24.3. The number of fused-ring (bicyclic) bond motifs is 3. The number of aromatic amines is 1. The van der Waals surface area contributed by atoms with Gasteiger partial charge in [-0.1, -0.05) is 29.8 Å². The number of aliphatic hydroxyl groups excluding tert-OH is 1. The third kappa shape index (κ3) is 5.23. The molecule has 2 amide bonds. The summed E-state index contributed by atoms with van der Waals surface area (Å²) in [7, 11) is 0. The highest BCUT2D eigenvalue weighted by Gasteiger charge is 2.34. The van der Waals surface area contributed by atoms with Crippen molar-refractivity contribution in [2.75, 3.05) is 19.7 Å². The predicted molar refractivity (Wildman–Crippen MR) is 138 cm³/mol. The fourth-order valence-corrected chi connectivity index (χ4v) is 4.78. The molecule has 3 heterocycles. The molecule has 2 aromatic heterocycles. The first-order chi connectivity index (χ1) is 17.9. The zero-order valence-corrected chi connectivity index (χ0v) is 20.5. The van der Waals surface area contributed by atoms with Gasteiger partial charge >= 0.3 is 6.09 Å². The van der Waals surface area contributed by atoms with Crippen LogP contribution in [0.4, 0.5) is 4.79 Å². The van der Waals surface area contributed by atoms with Crippen molar-refractivity contribution in [2.24, 2.45) is 0 Å². The number of carboxylic acid groups (broad SMARTS) is 1. The average molecular weight is 521 g/mol. The number of carbonyl (C=O) groups excluding carboxylic acids is 1. The van der Waals surface area contributed by atoms with Crippen LogP contribution in [0.15, 0.2) is 66.9 Å². The third-order valence-electron chi connectivity index (χ3n) is 6.37. The lowest BCUT2D eigenvalue weighted by Gasteiger charge is -2.34. The van der Waals surface area contributed by atoms with Crippen molar-refractivity contribution >= 4 is 34.5 Å². The van der Waals surface area contributed by atoms with E-state index in [2.05, 4.69) is 15.3 Å². The summed E-state index contributed by atoms with van der Waals surface area (Å²) in [6.45, 7) is 0.344. The SMILES string of the molecule is O=C(NCC(O)COc1ccc(C2c3[nH]c4ccc(Cl)cc4c3CCN2C(=O)O)cc1)c1ccccn1. The van der Waals surface area contributed by atoms with Crippen LogP contribution >= 0.6 is 11.6 Å². The molecule has 0 fully saturated rings. The number of halogens is 1. The number of carbonyl (C=O) groups is 2. The number of hydrogen-bond acceptors (Lipinski definition) is 5.